The number of nitrogens with one attached hydrogen (secondary N) is 1. The zero-order valence-electron chi connectivity index (χ0n) is 15.6. The molecule has 1 amide bonds. The highest BCUT2D eigenvalue weighted by atomic mass is 32.1. The summed E-state index contributed by atoms with van der Waals surface area (Å²) in [7, 11) is 4.75. The van der Waals surface area contributed by atoms with Crippen molar-refractivity contribution in [3.8, 4) is 27.8 Å². The fourth-order valence-corrected chi connectivity index (χ4v) is 3.15. The first-order valence-electron chi connectivity index (χ1n) is 8.32. The smallest absolute Gasteiger partial charge is 0.250 e. The van der Waals surface area contributed by atoms with Crippen LogP contribution in [0.5, 0.6) is 17.2 Å². The molecule has 1 heterocycles. The van der Waals surface area contributed by atoms with Crippen LogP contribution in [0, 0.1) is 0 Å². The molecule has 144 valence electrons. The zero-order valence-corrected chi connectivity index (χ0v) is 16.4. The maximum atomic E-state index is 12.2. The van der Waals surface area contributed by atoms with E-state index in [1.165, 1.54) is 17.4 Å². The monoisotopic (exact) mass is 397 g/mol. The van der Waals surface area contributed by atoms with Crippen LogP contribution in [0.25, 0.3) is 16.6 Å². The lowest BCUT2D eigenvalue weighted by atomic mass is 10.2. The molecule has 0 atom stereocenters. The molecule has 0 spiro atoms. The Kier molecular flexibility index (Phi) is 6.23. The van der Waals surface area contributed by atoms with Gasteiger partial charge in [0.25, 0.3) is 0 Å². The van der Waals surface area contributed by atoms with Crippen molar-refractivity contribution in [1.82, 2.24) is 10.2 Å². The third kappa shape index (κ3) is 4.66. The molecule has 8 heteroatoms. The van der Waals surface area contributed by atoms with Crippen molar-refractivity contribution in [2.45, 2.75) is 0 Å². The summed E-state index contributed by atoms with van der Waals surface area (Å²) in [5.41, 5.74) is 1.71. The standard InChI is InChI=1S/C20H19N3O4S/c1-25-15-8-6-14(7-9-15)19-22-23-20(28-19)21-18(24)11-5-13-4-10-16(26-2)17(12-13)27-3/h4-12H,1-3H3,(H,21,23,24)/b11-5+. The van der Waals surface area contributed by atoms with E-state index >= 15 is 0 Å². The Labute approximate surface area is 166 Å². The minimum absolute atomic E-state index is 0.299. The number of ether oxygens (including phenoxy) is 3. The van der Waals surface area contributed by atoms with Crippen molar-refractivity contribution in [2.24, 2.45) is 0 Å². The van der Waals surface area contributed by atoms with E-state index in [0.29, 0.717) is 21.6 Å². The third-order valence-electron chi connectivity index (χ3n) is 3.83. The third-order valence-corrected chi connectivity index (χ3v) is 4.71. The van der Waals surface area contributed by atoms with Gasteiger partial charge in [0.1, 0.15) is 10.8 Å². The molecule has 0 bridgehead atoms. The number of carbonyl (C=O) groups is 1. The van der Waals surface area contributed by atoms with Gasteiger partial charge in [-0.1, -0.05) is 17.4 Å². The second-order valence-corrected chi connectivity index (χ2v) is 6.56. The lowest BCUT2D eigenvalue weighted by molar-refractivity contribution is -0.111. The van der Waals surface area contributed by atoms with E-state index in [4.69, 9.17) is 14.2 Å². The Bertz CT molecular complexity index is 983. The number of nitrogens with zero attached hydrogens (tertiary/aromatic N) is 2. The van der Waals surface area contributed by atoms with Gasteiger partial charge in [0.15, 0.2) is 11.5 Å². The SMILES string of the molecule is COc1ccc(-c2nnc(NC(=O)/C=C/c3ccc(OC)c(OC)c3)s2)cc1. The number of rotatable bonds is 7. The number of carbonyl (C=O) groups excluding carboxylic acids is 1. The molecule has 0 aliphatic carbocycles. The molecule has 3 aromatic rings. The summed E-state index contributed by atoms with van der Waals surface area (Å²) in [6.45, 7) is 0. The summed E-state index contributed by atoms with van der Waals surface area (Å²) < 4.78 is 15.6. The molecule has 1 N–H and O–H groups in total. The predicted octanol–water partition coefficient (Wildman–Crippen LogP) is 3.88. The largest absolute Gasteiger partial charge is 0.497 e. The van der Waals surface area contributed by atoms with E-state index in [2.05, 4.69) is 15.5 Å². The second kappa shape index (κ2) is 9.01. The molecule has 7 nitrogen and oxygen atoms in total. The summed E-state index contributed by atoms with van der Waals surface area (Å²) in [5, 5.41) is 12.0. The maximum absolute atomic E-state index is 12.2. The highest BCUT2D eigenvalue weighted by Crippen LogP contribution is 2.29. The van der Waals surface area contributed by atoms with E-state index in [-0.39, 0.29) is 5.91 Å². The number of hydrogen-bond donors (Lipinski definition) is 1. The van der Waals surface area contributed by atoms with Crippen LogP contribution < -0.4 is 19.5 Å². The highest BCUT2D eigenvalue weighted by molar-refractivity contribution is 7.18. The first kappa shape index (κ1) is 19.4. The molecule has 2 aromatic carbocycles. The Morgan fingerprint density at radius 1 is 0.964 bits per heavy atom. The van der Waals surface area contributed by atoms with Crippen molar-refractivity contribution in [2.75, 3.05) is 26.6 Å². The fraction of sp³-hybridized carbons (Fsp3) is 0.150. The molecule has 0 aliphatic rings. The van der Waals surface area contributed by atoms with Gasteiger partial charge in [-0.05, 0) is 48.0 Å². The summed E-state index contributed by atoms with van der Waals surface area (Å²) in [6.07, 6.45) is 3.11. The average Bonchev–Trinajstić information content (AvgIpc) is 3.20. The van der Waals surface area contributed by atoms with Gasteiger partial charge in [-0.15, -0.1) is 10.2 Å². The maximum Gasteiger partial charge on any atom is 0.250 e. The number of aromatic nitrogens is 2. The van der Waals surface area contributed by atoms with Gasteiger partial charge >= 0.3 is 0 Å². The van der Waals surface area contributed by atoms with Gasteiger partial charge in [-0.3, -0.25) is 10.1 Å². The van der Waals surface area contributed by atoms with Crippen molar-refractivity contribution in [1.29, 1.82) is 0 Å². The molecule has 0 aliphatic heterocycles. The Balaban J connectivity index is 1.65. The summed E-state index contributed by atoms with van der Waals surface area (Å²) in [5.74, 6) is 1.69. The summed E-state index contributed by atoms with van der Waals surface area (Å²) in [4.78, 5) is 12.2. The van der Waals surface area contributed by atoms with Crippen LogP contribution in [0.3, 0.4) is 0 Å². The number of methoxy groups -OCH3 is 3. The van der Waals surface area contributed by atoms with Crippen LogP contribution >= 0.6 is 11.3 Å². The van der Waals surface area contributed by atoms with Crippen LogP contribution in [0.15, 0.2) is 48.5 Å². The van der Waals surface area contributed by atoms with Crippen LogP contribution in [0.1, 0.15) is 5.56 Å². The van der Waals surface area contributed by atoms with Crippen molar-refractivity contribution < 1.29 is 19.0 Å². The van der Waals surface area contributed by atoms with Gasteiger partial charge in [-0.2, -0.15) is 0 Å². The minimum atomic E-state index is -0.299. The highest BCUT2D eigenvalue weighted by Gasteiger charge is 2.09. The number of anilines is 1. The molecule has 0 saturated heterocycles. The van der Waals surface area contributed by atoms with E-state index in [1.807, 2.05) is 30.3 Å². The zero-order chi connectivity index (χ0) is 19.9. The number of amides is 1. The molecule has 3 rings (SSSR count). The van der Waals surface area contributed by atoms with Crippen LogP contribution in [-0.2, 0) is 4.79 Å². The van der Waals surface area contributed by atoms with Gasteiger partial charge in [0.2, 0.25) is 11.0 Å². The van der Waals surface area contributed by atoms with Crippen molar-refractivity contribution in [3.05, 3.63) is 54.1 Å². The van der Waals surface area contributed by atoms with Gasteiger partial charge < -0.3 is 14.2 Å². The molecular formula is C20H19N3O4S. The molecule has 0 fully saturated rings. The first-order chi connectivity index (χ1) is 13.6. The van der Waals surface area contributed by atoms with Crippen LogP contribution in [0.4, 0.5) is 5.13 Å². The van der Waals surface area contributed by atoms with Gasteiger partial charge in [0.05, 0.1) is 21.3 Å². The fourth-order valence-electron chi connectivity index (χ4n) is 2.40. The normalized spacial score (nSPS) is 10.7. The van der Waals surface area contributed by atoms with E-state index in [0.717, 1.165) is 16.9 Å². The predicted molar refractivity (Wildman–Crippen MR) is 109 cm³/mol. The molecule has 28 heavy (non-hydrogen) atoms. The average molecular weight is 397 g/mol. The van der Waals surface area contributed by atoms with Gasteiger partial charge in [0, 0.05) is 11.6 Å². The van der Waals surface area contributed by atoms with Crippen LogP contribution in [0.2, 0.25) is 0 Å². The number of hydrogen-bond acceptors (Lipinski definition) is 7. The topological polar surface area (TPSA) is 82.6 Å². The number of benzene rings is 2. The van der Waals surface area contributed by atoms with E-state index in [9.17, 15) is 4.79 Å². The summed E-state index contributed by atoms with van der Waals surface area (Å²) in [6, 6.07) is 12.9. The van der Waals surface area contributed by atoms with Gasteiger partial charge in [-0.25, -0.2) is 0 Å². The van der Waals surface area contributed by atoms with E-state index in [1.54, 1.807) is 39.5 Å². The molecule has 0 radical (unpaired) electrons. The van der Waals surface area contributed by atoms with Crippen LogP contribution in [-0.4, -0.2) is 37.4 Å². The second-order valence-electron chi connectivity index (χ2n) is 5.58. The molecular weight excluding hydrogens is 378 g/mol. The lowest BCUT2D eigenvalue weighted by Gasteiger charge is -2.07. The lowest BCUT2D eigenvalue weighted by Crippen LogP contribution is -2.07. The minimum Gasteiger partial charge on any atom is -0.497 e. The molecule has 0 unspecified atom stereocenters. The molecule has 1 aromatic heterocycles. The summed E-state index contributed by atoms with van der Waals surface area (Å²) >= 11 is 1.30. The molecule has 0 saturated carbocycles. The Hall–Kier alpha value is -3.39. The van der Waals surface area contributed by atoms with Crippen molar-refractivity contribution >= 4 is 28.5 Å². The first-order valence-corrected chi connectivity index (χ1v) is 9.13. The van der Waals surface area contributed by atoms with E-state index < -0.39 is 0 Å². The van der Waals surface area contributed by atoms with Crippen molar-refractivity contribution in [3.63, 3.8) is 0 Å². The quantitative estimate of drug-likeness (QED) is 0.609. The Morgan fingerprint density at radius 2 is 1.71 bits per heavy atom. The Morgan fingerprint density at radius 3 is 2.39 bits per heavy atom.